The van der Waals surface area contributed by atoms with Gasteiger partial charge in [-0.25, -0.2) is 9.97 Å². The van der Waals surface area contributed by atoms with Gasteiger partial charge in [-0.2, -0.15) is 5.26 Å². The lowest BCUT2D eigenvalue weighted by atomic mass is 10.3. The fourth-order valence-corrected chi connectivity index (χ4v) is 1.34. The van der Waals surface area contributed by atoms with Gasteiger partial charge in [-0.15, -0.1) is 0 Å². The lowest BCUT2D eigenvalue weighted by Crippen LogP contribution is -2.34. The molecule has 0 aliphatic rings. The Balaban J connectivity index is 3.05. The summed E-state index contributed by atoms with van der Waals surface area (Å²) in [6.45, 7) is 4.43. The second-order valence-electron chi connectivity index (χ2n) is 3.35. The molecule has 0 aromatic carbocycles. The van der Waals surface area contributed by atoms with Crippen LogP contribution in [0.1, 0.15) is 19.5 Å². The highest BCUT2D eigenvalue weighted by Crippen LogP contribution is 2.16. The summed E-state index contributed by atoms with van der Waals surface area (Å²) in [6, 6.07) is 2.16. The third-order valence-corrected chi connectivity index (χ3v) is 2.02. The monoisotopic (exact) mass is 206 g/mol. The zero-order valence-electron chi connectivity index (χ0n) is 8.88. The highest BCUT2D eigenvalue weighted by atomic mass is 16.3. The van der Waals surface area contributed by atoms with E-state index in [-0.39, 0.29) is 12.6 Å². The molecule has 1 rings (SSSR count). The van der Waals surface area contributed by atoms with Crippen molar-refractivity contribution in [3.8, 4) is 6.07 Å². The molecule has 0 unspecified atom stereocenters. The minimum Gasteiger partial charge on any atom is -0.395 e. The number of rotatable bonds is 4. The molecule has 5 nitrogen and oxygen atoms in total. The number of hydrogen-bond acceptors (Lipinski definition) is 5. The molecule has 0 radical (unpaired) electrons. The zero-order chi connectivity index (χ0) is 11.3. The quantitative estimate of drug-likeness (QED) is 0.779. The van der Waals surface area contributed by atoms with E-state index in [2.05, 4.69) is 9.97 Å². The van der Waals surface area contributed by atoms with Gasteiger partial charge in [0.2, 0.25) is 0 Å². The molecule has 80 valence electrons. The molecule has 0 fully saturated rings. The molecule has 0 atom stereocenters. The molecule has 0 saturated heterocycles. The van der Waals surface area contributed by atoms with Gasteiger partial charge in [0.25, 0.3) is 0 Å². The van der Waals surface area contributed by atoms with Crippen LogP contribution in [0.15, 0.2) is 12.4 Å². The zero-order valence-corrected chi connectivity index (χ0v) is 8.88. The van der Waals surface area contributed by atoms with E-state index in [1.54, 1.807) is 6.20 Å². The van der Waals surface area contributed by atoms with Crippen molar-refractivity contribution in [1.82, 2.24) is 9.97 Å². The van der Waals surface area contributed by atoms with Crippen LogP contribution in [0.25, 0.3) is 0 Å². The summed E-state index contributed by atoms with van der Waals surface area (Å²) in [5.74, 6) is 0.532. The third kappa shape index (κ3) is 2.64. The lowest BCUT2D eigenvalue weighted by Gasteiger charge is -2.27. The highest BCUT2D eigenvalue weighted by molar-refractivity contribution is 5.49. The van der Waals surface area contributed by atoms with Gasteiger partial charge >= 0.3 is 0 Å². The number of aliphatic hydroxyl groups is 1. The Morgan fingerprint density at radius 3 is 2.67 bits per heavy atom. The van der Waals surface area contributed by atoms with Crippen molar-refractivity contribution < 1.29 is 5.11 Å². The van der Waals surface area contributed by atoms with Crippen molar-refractivity contribution in [2.75, 3.05) is 18.1 Å². The molecular weight excluding hydrogens is 192 g/mol. The Morgan fingerprint density at radius 1 is 1.47 bits per heavy atom. The number of nitrogens with zero attached hydrogens (tertiary/aromatic N) is 4. The Hall–Kier alpha value is -1.67. The van der Waals surface area contributed by atoms with Gasteiger partial charge in [0, 0.05) is 25.0 Å². The first-order chi connectivity index (χ1) is 7.20. The van der Waals surface area contributed by atoms with Crippen molar-refractivity contribution in [3.63, 3.8) is 0 Å². The maximum absolute atomic E-state index is 8.94. The van der Waals surface area contributed by atoms with E-state index in [1.165, 1.54) is 6.20 Å². The SMILES string of the molecule is CC(C)N(CCO)c1nccnc1C#N. The van der Waals surface area contributed by atoms with Crippen LogP contribution in [0.4, 0.5) is 5.82 Å². The van der Waals surface area contributed by atoms with Crippen molar-refractivity contribution in [3.05, 3.63) is 18.1 Å². The Kier molecular flexibility index (Phi) is 4.01. The molecule has 5 heteroatoms. The van der Waals surface area contributed by atoms with Crippen LogP contribution in [0.3, 0.4) is 0 Å². The smallest absolute Gasteiger partial charge is 0.183 e. The van der Waals surface area contributed by atoms with Gasteiger partial charge in [0.15, 0.2) is 11.5 Å². The second-order valence-corrected chi connectivity index (χ2v) is 3.35. The predicted octanol–water partition coefficient (Wildman–Crippen LogP) is 0.555. The van der Waals surface area contributed by atoms with Gasteiger partial charge in [-0.1, -0.05) is 0 Å². The molecule has 0 amide bonds. The summed E-state index contributed by atoms with van der Waals surface area (Å²) in [5.41, 5.74) is 0.291. The van der Waals surface area contributed by atoms with E-state index in [0.29, 0.717) is 18.1 Å². The van der Waals surface area contributed by atoms with E-state index in [4.69, 9.17) is 10.4 Å². The maximum Gasteiger partial charge on any atom is 0.183 e. The van der Waals surface area contributed by atoms with Gasteiger partial charge < -0.3 is 10.0 Å². The Morgan fingerprint density at radius 2 is 2.13 bits per heavy atom. The standard InChI is InChI=1S/C10H14N4O/c1-8(2)14(5-6-15)10-9(7-11)12-3-4-13-10/h3-4,8,15H,5-6H2,1-2H3. The van der Waals surface area contributed by atoms with Crippen molar-refractivity contribution in [2.24, 2.45) is 0 Å². The number of nitriles is 1. The lowest BCUT2D eigenvalue weighted by molar-refractivity contribution is 0.298. The highest BCUT2D eigenvalue weighted by Gasteiger charge is 2.15. The number of anilines is 1. The van der Waals surface area contributed by atoms with Gasteiger partial charge in [-0.05, 0) is 13.8 Å². The topological polar surface area (TPSA) is 73.0 Å². The van der Waals surface area contributed by atoms with Gasteiger partial charge in [0.05, 0.1) is 6.61 Å². The van der Waals surface area contributed by atoms with Crippen molar-refractivity contribution in [2.45, 2.75) is 19.9 Å². The molecule has 0 spiro atoms. The maximum atomic E-state index is 8.94. The number of hydrogen-bond donors (Lipinski definition) is 1. The van der Waals surface area contributed by atoms with E-state index < -0.39 is 0 Å². The van der Waals surface area contributed by atoms with Crippen LogP contribution in [0.2, 0.25) is 0 Å². The summed E-state index contributed by atoms with van der Waals surface area (Å²) in [5, 5.41) is 17.8. The minimum absolute atomic E-state index is 0.0274. The first-order valence-corrected chi connectivity index (χ1v) is 4.79. The molecule has 0 saturated carbocycles. The first kappa shape index (κ1) is 11.4. The predicted molar refractivity (Wildman–Crippen MR) is 56.3 cm³/mol. The summed E-state index contributed by atoms with van der Waals surface area (Å²) in [4.78, 5) is 9.91. The molecule has 0 aliphatic carbocycles. The summed E-state index contributed by atoms with van der Waals surface area (Å²) >= 11 is 0. The molecule has 0 bridgehead atoms. The average molecular weight is 206 g/mol. The van der Waals surface area contributed by atoms with Crippen LogP contribution in [0.5, 0.6) is 0 Å². The van der Waals surface area contributed by atoms with Gasteiger partial charge in [-0.3, -0.25) is 0 Å². The van der Waals surface area contributed by atoms with E-state index in [0.717, 1.165) is 0 Å². The minimum atomic E-state index is 0.0274. The summed E-state index contributed by atoms with van der Waals surface area (Å²) in [6.07, 6.45) is 3.03. The molecular formula is C10H14N4O. The summed E-state index contributed by atoms with van der Waals surface area (Å²) < 4.78 is 0. The average Bonchev–Trinajstić information content (AvgIpc) is 2.25. The number of aliphatic hydroxyl groups excluding tert-OH is 1. The third-order valence-electron chi connectivity index (χ3n) is 2.02. The fourth-order valence-electron chi connectivity index (χ4n) is 1.34. The van der Waals surface area contributed by atoms with Crippen LogP contribution in [-0.2, 0) is 0 Å². The molecule has 1 aromatic rings. The van der Waals surface area contributed by atoms with Crippen LogP contribution < -0.4 is 4.90 Å². The fraction of sp³-hybridized carbons (Fsp3) is 0.500. The van der Waals surface area contributed by atoms with Crippen LogP contribution in [0, 0.1) is 11.3 Å². The molecule has 1 N–H and O–H groups in total. The van der Waals surface area contributed by atoms with Crippen LogP contribution in [-0.4, -0.2) is 34.3 Å². The second kappa shape index (κ2) is 5.27. The Bertz CT molecular complexity index is 359. The van der Waals surface area contributed by atoms with E-state index in [9.17, 15) is 0 Å². The van der Waals surface area contributed by atoms with Crippen molar-refractivity contribution >= 4 is 5.82 Å². The molecule has 15 heavy (non-hydrogen) atoms. The number of aromatic nitrogens is 2. The largest absolute Gasteiger partial charge is 0.395 e. The first-order valence-electron chi connectivity index (χ1n) is 4.79. The van der Waals surface area contributed by atoms with Crippen molar-refractivity contribution in [1.29, 1.82) is 5.26 Å². The Labute approximate surface area is 89.0 Å². The van der Waals surface area contributed by atoms with E-state index >= 15 is 0 Å². The molecule has 0 aliphatic heterocycles. The summed E-state index contributed by atoms with van der Waals surface area (Å²) in [7, 11) is 0. The molecule has 1 heterocycles. The van der Waals surface area contributed by atoms with Gasteiger partial charge in [0.1, 0.15) is 6.07 Å². The van der Waals surface area contributed by atoms with Crippen LogP contribution >= 0.6 is 0 Å². The molecule has 1 aromatic heterocycles. The normalized spacial score (nSPS) is 10.1. The van der Waals surface area contributed by atoms with E-state index in [1.807, 2.05) is 24.8 Å².